The quantitative estimate of drug-likeness (QED) is 0.533. The standard InChI is InChI=1S/ClFHO2P.Mn.Sb/c1-5(2,3)4;;/h(H,3,4);;. The van der Waals surface area contributed by atoms with Crippen molar-refractivity contribution < 1.29 is 30.7 Å². The zero-order valence-electron chi connectivity index (χ0n) is 2.88. The molecule has 2 nitrogen and oxygen atoms in total. The molecule has 1 unspecified atom stereocenters. The van der Waals surface area contributed by atoms with Crippen LogP contribution in [0.2, 0.25) is 0 Å². The summed E-state index contributed by atoms with van der Waals surface area (Å²) in [5.41, 5.74) is 0. The first-order chi connectivity index (χ1) is 2.00. The second-order valence-electron chi connectivity index (χ2n) is 0.435. The van der Waals surface area contributed by atoms with Crippen molar-refractivity contribution in [3.63, 3.8) is 0 Å². The molecule has 44 valence electrons. The molecule has 1 N–H and O–H groups in total. The summed E-state index contributed by atoms with van der Waals surface area (Å²) in [7, 11) is -4.67. The first-order valence-electron chi connectivity index (χ1n) is 0.721. The maximum Gasteiger partial charge on any atom is 0.458 e. The molecule has 0 rings (SSSR count). The van der Waals surface area contributed by atoms with Crippen molar-refractivity contribution >= 4 is 42.7 Å². The summed E-state index contributed by atoms with van der Waals surface area (Å²) < 4.78 is 19.4. The van der Waals surface area contributed by atoms with E-state index in [0.29, 0.717) is 0 Å². The monoisotopic (exact) mass is 294 g/mol. The van der Waals surface area contributed by atoms with Crippen molar-refractivity contribution in [1.82, 2.24) is 0 Å². The van der Waals surface area contributed by atoms with Crippen LogP contribution in [0.1, 0.15) is 0 Å². The average molecular weight is 295 g/mol. The third-order valence-corrected chi connectivity index (χ3v) is 0. The van der Waals surface area contributed by atoms with Crippen LogP contribution in [0.25, 0.3) is 0 Å². The molecule has 7 heavy (non-hydrogen) atoms. The number of hydrogen-bond donors (Lipinski definition) is 1. The van der Waals surface area contributed by atoms with E-state index >= 15 is 0 Å². The third kappa shape index (κ3) is 83.8. The molecule has 0 saturated carbocycles. The third-order valence-electron chi connectivity index (χ3n) is 0. The molecule has 1 atom stereocenters. The minimum Gasteiger partial charge on any atom is -0.309 e. The Morgan fingerprint density at radius 2 is 1.71 bits per heavy atom. The van der Waals surface area contributed by atoms with E-state index in [1.165, 1.54) is 0 Å². The van der Waals surface area contributed by atoms with Crippen LogP contribution < -0.4 is 0 Å². The van der Waals surface area contributed by atoms with Crippen LogP contribution in [-0.4, -0.2) is 29.3 Å². The Morgan fingerprint density at radius 1 is 1.71 bits per heavy atom. The van der Waals surface area contributed by atoms with Gasteiger partial charge in [0.2, 0.25) is 0 Å². The summed E-state index contributed by atoms with van der Waals surface area (Å²) >= 11 is 3.97. The summed E-state index contributed by atoms with van der Waals surface area (Å²) in [6, 6.07) is 0. The molecule has 0 aliphatic carbocycles. The predicted molar refractivity (Wildman–Crippen MR) is 22.5 cm³/mol. The van der Waals surface area contributed by atoms with Crippen LogP contribution in [0.4, 0.5) is 4.20 Å². The molecule has 0 aromatic carbocycles. The topological polar surface area (TPSA) is 37.3 Å². The molecule has 0 saturated heterocycles. The second kappa shape index (κ2) is 5.88. The van der Waals surface area contributed by atoms with E-state index in [0.717, 1.165) is 0 Å². The molecule has 0 fully saturated rings. The normalized spacial score (nSPS) is 15.3. The Balaban J connectivity index is -0.0000000800. The Kier molecular flexibility index (Phi) is 13.3. The van der Waals surface area contributed by atoms with Crippen LogP contribution in [0, 0.1) is 0 Å². The molecule has 0 aliphatic rings. The van der Waals surface area contributed by atoms with Gasteiger partial charge >= 0.3 is 7.03 Å². The molecule has 4 radical (unpaired) electrons. The molecule has 0 spiro atoms. The van der Waals surface area contributed by atoms with E-state index in [1.807, 2.05) is 0 Å². The van der Waals surface area contributed by atoms with Crippen LogP contribution in [-0.2, 0) is 21.6 Å². The minimum atomic E-state index is -4.67. The van der Waals surface area contributed by atoms with Crippen molar-refractivity contribution in [2.45, 2.75) is 0 Å². The smallest absolute Gasteiger partial charge is 0.309 e. The summed E-state index contributed by atoms with van der Waals surface area (Å²) in [4.78, 5) is 7.18. The van der Waals surface area contributed by atoms with Gasteiger partial charge in [0.25, 0.3) is 0 Å². The van der Waals surface area contributed by atoms with Crippen molar-refractivity contribution in [3.05, 3.63) is 0 Å². The Bertz CT molecular complexity index is 63.8. The van der Waals surface area contributed by atoms with Crippen molar-refractivity contribution in [1.29, 1.82) is 0 Å². The SMILES string of the molecule is O=P(O)(F)Cl.[Mn].[Sb]. The van der Waals surface area contributed by atoms with Gasteiger partial charge in [0.1, 0.15) is 0 Å². The zero-order valence-corrected chi connectivity index (χ0v) is 8.27. The van der Waals surface area contributed by atoms with Gasteiger partial charge in [0.15, 0.2) is 0 Å². The number of halogens is 2. The van der Waals surface area contributed by atoms with E-state index in [2.05, 4.69) is 11.2 Å². The predicted octanol–water partition coefficient (Wildman–Crippen LogP) is 0.912. The Morgan fingerprint density at radius 3 is 1.71 bits per heavy atom. The van der Waals surface area contributed by atoms with Gasteiger partial charge in [-0.25, -0.2) is 4.57 Å². The van der Waals surface area contributed by atoms with Gasteiger partial charge in [-0.1, -0.05) is 0 Å². The van der Waals surface area contributed by atoms with E-state index in [4.69, 9.17) is 9.46 Å². The summed E-state index contributed by atoms with van der Waals surface area (Å²) in [5, 5.41) is 0. The van der Waals surface area contributed by atoms with Gasteiger partial charge in [0, 0.05) is 52.7 Å². The second-order valence-corrected chi connectivity index (χ2v) is 2.56. The zero-order chi connectivity index (χ0) is 4.50. The molecule has 7 heteroatoms. The largest absolute Gasteiger partial charge is 0.458 e. The van der Waals surface area contributed by atoms with Crippen LogP contribution >= 0.6 is 18.3 Å². The first-order valence-corrected chi connectivity index (χ1v) is 3.18. The molecule has 0 aromatic heterocycles. The van der Waals surface area contributed by atoms with Gasteiger partial charge in [-0.3, -0.25) is 0 Å². The van der Waals surface area contributed by atoms with Gasteiger partial charge in [0.05, 0.1) is 0 Å². The van der Waals surface area contributed by atoms with Crippen LogP contribution in [0.3, 0.4) is 0 Å². The Hall–Kier alpha value is 1.75. The summed E-state index contributed by atoms with van der Waals surface area (Å²) in [5.74, 6) is 0. The molecule has 0 amide bonds. The summed E-state index contributed by atoms with van der Waals surface area (Å²) in [6.07, 6.45) is 0. The van der Waals surface area contributed by atoms with Crippen LogP contribution in [0.15, 0.2) is 0 Å². The average Bonchev–Trinajstić information content (AvgIpc) is 0.722. The molecule has 0 aromatic rings. The molecular weight excluding hydrogens is 294 g/mol. The van der Waals surface area contributed by atoms with Crippen molar-refractivity contribution in [2.24, 2.45) is 0 Å². The maximum absolute atomic E-state index is 10.6. The Labute approximate surface area is 73.1 Å². The maximum atomic E-state index is 10.6. The van der Waals surface area contributed by atoms with E-state index in [1.54, 1.807) is 0 Å². The minimum absolute atomic E-state index is 0. The van der Waals surface area contributed by atoms with Gasteiger partial charge < -0.3 is 4.89 Å². The fraction of sp³-hybridized carbons (Fsp3) is 0. The molecule has 0 aliphatic heterocycles. The van der Waals surface area contributed by atoms with Crippen LogP contribution in [0.5, 0.6) is 0 Å². The van der Waals surface area contributed by atoms with E-state index in [-0.39, 0.29) is 41.5 Å². The fourth-order valence-electron chi connectivity index (χ4n) is 0. The summed E-state index contributed by atoms with van der Waals surface area (Å²) in [6.45, 7) is 0. The molecular formula is HClFMnO2PSb. The number of hydrogen-bond acceptors (Lipinski definition) is 1. The molecule has 0 heterocycles. The number of rotatable bonds is 0. The van der Waals surface area contributed by atoms with Gasteiger partial charge in [-0.15, -0.1) is 4.20 Å². The van der Waals surface area contributed by atoms with E-state index in [9.17, 15) is 4.20 Å². The molecule has 0 bridgehead atoms. The van der Waals surface area contributed by atoms with E-state index < -0.39 is 7.03 Å². The van der Waals surface area contributed by atoms with Crippen molar-refractivity contribution in [3.8, 4) is 0 Å². The van der Waals surface area contributed by atoms with Crippen molar-refractivity contribution in [2.75, 3.05) is 0 Å². The van der Waals surface area contributed by atoms with Gasteiger partial charge in [-0.2, -0.15) is 0 Å². The van der Waals surface area contributed by atoms with Gasteiger partial charge in [-0.05, 0) is 0 Å². The first kappa shape index (κ1) is 15.9. The fourth-order valence-corrected chi connectivity index (χ4v) is 0.